The number of aliphatic hydroxyl groups is 1. The summed E-state index contributed by atoms with van der Waals surface area (Å²) in [6.45, 7) is 2.81. The zero-order valence-electron chi connectivity index (χ0n) is 24.9. The largest absolute Gasteiger partial charge is 0.481 e. The van der Waals surface area contributed by atoms with Crippen LogP contribution in [0.2, 0.25) is 0 Å². The summed E-state index contributed by atoms with van der Waals surface area (Å²) in [5.41, 5.74) is -3.31. The highest BCUT2D eigenvalue weighted by atomic mass is 16.5. The molecule has 1 saturated heterocycles. The number of aromatic nitrogens is 2. The number of nitrogens with one attached hydrogen (secondary N) is 1. The van der Waals surface area contributed by atoms with Gasteiger partial charge >= 0.3 is 23.9 Å². The van der Waals surface area contributed by atoms with Gasteiger partial charge in [-0.2, -0.15) is 0 Å². The molecule has 4 atom stereocenters. The van der Waals surface area contributed by atoms with Crippen LogP contribution in [0.4, 0.5) is 0 Å². The molecule has 13 nitrogen and oxygen atoms in total. The number of carboxylic acids is 1. The van der Waals surface area contributed by atoms with Crippen molar-refractivity contribution in [3.63, 3.8) is 0 Å². The van der Waals surface area contributed by atoms with E-state index in [9.17, 15) is 29.4 Å². The molecule has 0 aliphatic carbocycles. The number of aliphatic carboxylic acids is 1. The number of ether oxygens (including phenoxy) is 3. The summed E-state index contributed by atoms with van der Waals surface area (Å²) in [6.07, 6.45) is 4.85. The average molecular weight is 591 g/mol. The quantitative estimate of drug-likeness (QED) is 0.279. The Kier molecular flexibility index (Phi) is 15.3. The minimum Gasteiger partial charge on any atom is -0.481 e. The number of carbonyl (C=O) groups is 4. The molecule has 3 heterocycles. The Bertz CT molecular complexity index is 1020. The minimum absolute atomic E-state index is 0.0935. The monoisotopic (exact) mass is 590 g/mol. The standard InChI is InChI=1S/C19H32N2O9.2C5H5N/c1-11(2)19(17(27)30-6)10-21(12(7-13(22)23)14(24)28-4)9-18(8-20-3,15(19)25)16(26)29-5;2*1-2-4-6-5-3-1/h11-12,15,20,25H,7-10H2,1-6H3,(H,22,23);2*1-5H. The summed E-state index contributed by atoms with van der Waals surface area (Å²) in [4.78, 5) is 58.7. The molecule has 0 bridgehead atoms. The number of pyridine rings is 2. The maximum Gasteiger partial charge on any atom is 0.323 e. The van der Waals surface area contributed by atoms with Crippen LogP contribution < -0.4 is 5.32 Å². The van der Waals surface area contributed by atoms with Gasteiger partial charge in [0.2, 0.25) is 0 Å². The minimum atomic E-state index is -1.68. The predicted molar refractivity (Wildman–Crippen MR) is 152 cm³/mol. The van der Waals surface area contributed by atoms with Gasteiger partial charge in [-0.25, -0.2) is 0 Å². The number of piperidine rings is 1. The highest BCUT2D eigenvalue weighted by Crippen LogP contribution is 2.47. The van der Waals surface area contributed by atoms with E-state index in [0.29, 0.717) is 0 Å². The fourth-order valence-corrected chi connectivity index (χ4v) is 4.95. The van der Waals surface area contributed by atoms with Gasteiger partial charge in [0.1, 0.15) is 16.9 Å². The molecular formula is C29H42N4O9. The van der Waals surface area contributed by atoms with Gasteiger partial charge in [-0.3, -0.25) is 34.0 Å². The van der Waals surface area contributed by atoms with E-state index in [1.807, 2.05) is 36.4 Å². The van der Waals surface area contributed by atoms with E-state index in [1.54, 1.807) is 45.7 Å². The predicted octanol–water partition coefficient (Wildman–Crippen LogP) is 1.04. The van der Waals surface area contributed by atoms with Gasteiger partial charge in [0, 0.05) is 44.4 Å². The summed E-state index contributed by atoms with van der Waals surface area (Å²) in [5, 5.41) is 23.6. The van der Waals surface area contributed by atoms with Crippen molar-refractivity contribution in [3.05, 3.63) is 61.2 Å². The van der Waals surface area contributed by atoms with Crippen molar-refractivity contribution in [2.24, 2.45) is 16.7 Å². The number of methoxy groups -OCH3 is 3. The van der Waals surface area contributed by atoms with Crippen molar-refractivity contribution >= 4 is 23.9 Å². The highest BCUT2D eigenvalue weighted by molar-refractivity contribution is 5.86. The molecule has 0 aromatic carbocycles. The SMILES string of the molecule is CNCC1(C(=O)OC)CN(C(CC(=O)O)C(=O)OC)CC(C(=O)OC)(C(C)C)C1O.c1ccncc1.c1ccncc1. The second-order valence-electron chi connectivity index (χ2n) is 9.86. The van der Waals surface area contributed by atoms with Crippen LogP contribution >= 0.6 is 0 Å². The lowest BCUT2D eigenvalue weighted by Gasteiger charge is -2.55. The van der Waals surface area contributed by atoms with Gasteiger partial charge in [-0.05, 0) is 37.2 Å². The van der Waals surface area contributed by atoms with Gasteiger partial charge in [-0.15, -0.1) is 0 Å². The number of esters is 3. The maximum absolute atomic E-state index is 13.0. The lowest BCUT2D eigenvalue weighted by Crippen LogP contribution is -2.73. The van der Waals surface area contributed by atoms with Gasteiger partial charge in [0.05, 0.1) is 33.9 Å². The van der Waals surface area contributed by atoms with Crippen molar-refractivity contribution in [2.45, 2.75) is 32.4 Å². The molecule has 0 saturated carbocycles. The van der Waals surface area contributed by atoms with E-state index in [0.717, 1.165) is 21.3 Å². The van der Waals surface area contributed by atoms with Crippen LogP contribution in [0.1, 0.15) is 20.3 Å². The van der Waals surface area contributed by atoms with Crippen molar-refractivity contribution in [3.8, 4) is 0 Å². The van der Waals surface area contributed by atoms with Crippen LogP contribution in [-0.2, 0) is 33.4 Å². The fraction of sp³-hybridized carbons (Fsp3) is 0.517. The Morgan fingerprint density at radius 1 is 0.881 bits per heavy atom. The third-order valence-corrected chi connectivity index (χ3v) is 7.06. The Balaban J connectivity index is 0.000000595. The van der Waals surface area contributed by atoms with E-state index >= 15 is 0 Å². The first-order valence-corrected chi connectivity index (χ1v) is 13.2. The molecular weight excluding hydrogens is 548 g/mol. The molecule has 2 aromatic heterocycles. The zero-order valence-corrected chi connectivity index (χ0v) is 24.9. The van der Waals surface area contributed by atoms with Crippen LogP contribution in [0.3, 0.4) is 0 Å². The number of hydrogen-bond acceptors (Lipinski definition) is 12. The lowest BCUT2D eigenvalue weighted by molar-refractivity contribution is -0.209. The van der Waals surface area contributed by atoms with E-state index in [2.05, 4.69) is 15.3 Å². The van der Waals surface area contributed by atoms with Gasteiger partial charge in [-0.1, -0.05) is 26.0 Å². The van der Waals surface area contributed by atoms with Gasteiger partial charge in [0.15, 0.2) is 0 Å². The molecule has 13 heteroatoms. The van der Waals surface area contributed by atoms with E-state index in [-0.39, 0.29) is 19.6 Å². The molecule has 1 aliphatic heterocycles. The first-order valence-electron chi connectivity index (χ1n) is 13.2. The van der Waals surface area contributed by atoms with Crippen molar-refractivity contribution in [1.29, 1.82) is 0 Å². The third-order valence-electron chi connectivity index (χ3n) is 7.06. The molecule has 0 radical (unpaired) electrons. The highest BCUT2D eigenvalue weighted by Gasteiger charge is 2.65. The Morgan fingerprint density at radius 3 is 1.69 bits per heavy atom. The summed E-state index contributed by atoms with van der Waals surface area (Å²) in [6, 6.07) is 10.1. The average Bonchev–Trinajstić information content (AvgIpc) is 3.01. The Labute approximate surface area is 246 Å². The summed E-state index contributed by atoms with van der Waals surface area (Å²) in [7, 11) is 4.98. The molecule has 4 unspecified atom stereocenters. The molecule has 0 amide bonds. The van der Waals surface area contributed by atoms with Crippen molar-refractivity contribution in [2.75, 3.05) is 48.0 Å². The molecule has 42 heavy (non-hydrogen) atoms. The summed E-state index contributed by atoms with van der Waals surface area (Å²) < 4.78 is 14.7. The first-order chi connectivity index (χ1) is 20.0. The molecule has 232 valence electrons. The van der Waals surface area contributed by atoms with Gasteiger partial charge in [0.25, 0.3) is 0 Å². The van der Waals surface area contributed by atoms with Crippen LogP contribution in [0.25, 0.3) is 0 Å². The van der Waals surface area contributed by atoms with E-state index in [4.69, 9.17) is 14.2 Å². The van der Waals surface area contributed by atoms with Gasteiger partial charge < -0.3 is 29.7 Å². The molecule has 2 aromatic rings. The second kappa shape index (κ2) is 17.8. The van der Waals surface area contributed by atoms with E-state index < -0.39 is 59.2 Å². The molecule has 1 aliphatic rings. The van der Waals surface area contributed by atoms with Crippen LogP contribution in [0.5, 0.6) is 0 Å². The zero-order chi connectivity index (χ0) is 31.8. The number of aliphatic hydroxyl groups excluding tert-OH is 1. The smallest absolute Gasteiger partial charge is 0.323 e. The number of carboxylic acid groups (broad SMARTS) is 1. The maximum atomic E-state index is 13.0. The lowest BCUT2D eigenvalue weighted by atomic mass is 9.59. The molecule has 1 fully saturated rings. The van der Waals surface area contributed by atoms with Crippen molar-refractivity contribution in [1.82, 2.24) is 20.2 Å². The molecule has 3 N–H and O–H groups in total. The Hall–Kier alpha value is -3.94. The number of hydrogen-bond donors (Lipinski definition) is 3. The first kappa shape index (κ1) is 36.1. The molecule has 0 spiro atoms. The van der Waals surface area contributed by atoms with Crippen LogP contribution in [0, 0.1) is 16.7 Å². The van der Waals surface area contributed by atoms with Crippen LogP contribution in [-0.4, -0.2) is 109 Å². The van der Waals surface area contributed by atoms with E-state index in [1.165, 1.54) is 4.90 Å². The number of nitrogens with zero attached hydrogens (tertiary/aromatic N) is 3. The number of likely N-dealkylation sites (tertiary alicyclic amines) is 1. The second-order valence-corrected chi connectivity index (χ2v) is 9.86. The summed E-state index contributed by atoms with van der Waals surface area (Å²) in [5.74, 6) is -4.21. The Morgan fingerprint density at radius 2 is 1.38 bits per heavy atom. The number of rotatable bonds is 9. The van der Waals surface area contributed by atoms with Crippen LogP contribution in [0.15, 0.2) is 61.2 Å². The third kappa shape index (κ3) is 9.03. The fourth-order valence-electron chi connectivity index (χ4n) is 4.95. The molecule has 3 rings (SSSR count). The van der Waals surface area contributed by atoms with Crippen molar-refractivity contribution < 1.29 is 43.6 Å². The normalized spacial score (nSPS) is 22.2. The number of carbonyl (C=O) groups excluding carboxylic acids is 3. The summed E-state index contributed by atoms with van der Waals surface area (Å²) >= 11 is 0. The topological polar surface area (TPSA) is 177 Å².